The summed E-state index contributed by atoms with van der Waals surface area (Å²) in [5.74, 6) is 0. The minimum Gasteiger partial charge on any atom is -0.431 e. The molecule has 2 saturated heterocycles. The summed E-state index contributed by atoms with van der Waals surface area (Å²) in [6.07, 6.45) is 42.7. The van der Waals surface area contributed by atoms with Crippen molar-refractivity contribution < 1.29 is 85.4 Å². The maximum absolute atomic E-state index is 14.8. The van der Waals surface area contributed by atoms with Crippen molar-refractivity contribution in [2.45, 2.75) is 371 Å². The summed E-state index contributed by atoms with van der Waals surface area (Å²) in [5.41, 5.74) is 0. The lowest BCUT2D eigenvalue weighted by Crippen LogP contribution is -2.64. The fraction of sp³-hybridized carbons (Fsp3) is 0.854. The average molecular weight is 1450 g/mol. The summed E-state index contributed by atoms with van der Waals surface area (Å²) in [6, 6.07) is 0. The Morgan fingerprint density at radius 3 is 1.32 bits per heavy atom. The Labute approximate surface area is 615 Å². The molecule has 2 rings (SSSR count). The monoisotopic (exact) mass is 1450 g/mol. The van der Waals surface area contributed by atoms with Crippen LogP contribution in [0.15, 0.2) is 62.8 Å². The van der Waals surface area contributed by atoms with Gasteiger partial charge in [0.1, 0.15) is 62.0 Å². The molecule has 2 heterocycles. The lowest BCUT2D eigenvalue weighted by Gasteiger charge is -2.47. The summed E-state index contributed by atoms with van der Waals surface area (Å²) >= 11 is 0. The Balaban J connectivity index is 2.63. The number of aliphatic hydroxyl groups is 1. The number of allylic oxidation sites excluding steroid dienone is 4. The van der Waals surface area contributed by atoms with Crippen LogP contribution in [0.5, 0.6) is 0 Å². The van der Waals surface area contributed by atoms with Gasteiger partial charge in [0.15, 0.2) is 18.7 Å². The van der Waals surface area contributed by atoms with E-state index >= 15 is 0 Å². The molecule has 0 bridgehead atoms. The Bertz CT molecular complexity index is 2050. The number of unbranched alkanes of at least 4 members (excludes halogenated alkanes) is 33. The molecule has 18 nitrogen and oxygen atoms in total. The van der Waals surface area contributed by atoms with Gasteiger partial charge in [-0.3, -0.25) is 4.57 Å². The van der Waals surface area contributed by atoms with Crippen molar-refractivity contribution in [2.75, 3.05) is 79.4 Å². The zero-order valence-corrected chi connectivity index (χ0v) is 65.7. The molecule has 2 fully saturated rings. The third kappa shape index (κ3) is 46.0. The van der Waals surface area contributed by atoms with Crippen LogP contribution in [-0.2, 0) is 70.7 Å². The van der Waals surface area contributed by atoms with Gasteiger partial charge in [0.25, 0.3) is 0 Å². The molecule has 0 amide bonds. The fourth-order valence-corrected chi connectivity index (χ4v) is 15.0. The first-order valence-corrected chi connectivity index (χ1v) is 42.5. The predicted octanol–water partition coefficient (Wildman–Crippen LogP) is 21.1. The van der Waals surface area contributed by atoms with Crippen molar-refractivity contribution in [2.24, 2.45) is 0 Å². The lowest BCUT2D eigenvalue weighted by atomic mass is 9.97. The number of rotatable bonds is 71. The summed E-state index contributed by atoms with van der Waals surface area (Å²) in [5, 5.41) is 12.3. The zero-order valence-electron chi connectivity index (χ0n) is 64.8. The molecule has 0 aromatic heterocycles. The zero-order chi connectivity index (χ0) is 73.5. The van der Waals surface area contributed by atoms with E-state index in [0.717, 1.165) is 103 Å². The van der Waals surface area contributed by atoms with Gasteiger partial charge in [-0.1, -0.05) is 276 Å². The number of carbonyl (C=O) groups is 2. The van der Waals surface area contributed by atoms with Crippen molar-refractivity contribution in [3.8, 4) is 0 Å². The van der Waals surface area contributed by atoms with Crippen LogP contribution >= 0.6 is 7.37 Å². The van der Waals surface area contributed by atoms with Gasteiger partial charge in [-0.05, 0) is 64.2 Å². The Hall–Kier alpha value is -2.97. The number of methoxy groups -OCH3 is 2. The van der Waals surface area contributed by atoms with Crippen molar-refractivity contribution in [1.29, 1.82) is 0 Å². The molecular weight excluding hydrogens is 1300 g/mol. The van der Waals surface area contributed by atoms with E-state index in [1.165, 1.54) is 153 Å². The maximum atomic E-state index is 14.8. The smallest absolute Gasteiger partial charge is 0.431 e. The SMILES string of the molecule is C=CCOC(=O)O[C@H](CCCCCCCCCCC)CCO[C@H]1C(O)O[C@H](CO[C@@H]2O[C@H](COC)[C@@H](OP(=O)(CC=C)CC=C)[C@H](OCC[C@@H](CCCCCCC)OC)[C@H]2OCCCCCCCCCC/C=C\CCCCCC)[C@@H](OC(=O)OCC=C)[C@@H]1OCCCCCCCCCCCC. The van der Waals surface area contributed by atoms with E-state index in [0.29, 0.717) is 25.9 Å². The van der Waals surface area contributed by atoms with Crippen LogP contribution in [0.1, 0.15) is 297 Å². The second kappa shape index (κ2) is 65.3. The molecule has 0 aromatic carbocycles. The van der Waals surface area contributed by atoms with Gasteiger partial charge in [0.05, 0.1) is 25.9 Å². The van der Waals surface area contributed by atoms with Gasteiger partial charge in [-0.2, -0.15) is 0 Å². The third-order valence-electron chi connectivity index (χ3n) is 19.1. The average Bonchev–Trinajstić information content (AvgIpc) is 0.781. The van der Waals surface area contributed by atoms with Gasteiger partial charge in [0, 0.05) is 52.8 Å². The molecule has 1 N–H and O–H groups in total. The predicted molar refractivity (Wildman–Crippen MR) is 408 cm³/mol. The number of hydrogen-bond acceptors (Lipinski definition) is 18. The van der Waals surface area contributed by atoms with E-state index in [-0.39, 0.29) is 71.1 Å². The van der Waals surface area contributed by atoms with E-state index in [2.05, 4.69) is 66.2 Å². The number of ether oxygens (including phenoxy) is 13. The molecular formula is C82H149O18P. The molecule has 12 atom stereocenters. The van der Waals surface area contributed by atoms with Crippen LogP contribution in [0.25, 0.3) is 0 Å². The topological polar surface area (TPSA) is 201 Å². The van der Waals surface area contributed by atoms with Crippen LogP contribution in [0, 0.1) is 0 Å². The Morgan fingerprint density at radius 2 is 0.832 bits per heavy atom. The summed E-state index contributed by atoms with van der Waals surface area (Å²) < 4.78 is 104. The third-order valence-corrected chi connectivity index (χ3v) is 21.3. The van der Waals surface area contributed by atoms with Gasteiger partial charge >= 0.3 is 12.3 Å². The molecule has 0 radical (unpaired) electrons. The first-order chi connectivity index (χ1) is 49.4. The van der Waals surface area contributed by atoms with Crippen LogP contribution in [0.3, 0.4) is 0 Å². The molecule has 0 aliphatic carbocycles. The molecule has 19 heteroatoms. The molecule has 2 aliphatic heterocycles. The van der Waals surface area contributed by atoms with Gasteiger partial charge in [-0.25, -0.2) is 9.59 Å². The van der Waals surface area contributed by atoms with E-state index in [1.807, 2.05) is 0 Å². The summed E-state index contributed by atoms with van der Waals surface area (Å²) in [4.78, 5) is 26.8. The second-order valence-corrected chi connectivity index (χ2v) is 30.5. The Kier molecular flexibility index (Phi) is 60.9. The minimum absolute atomic E-state index is 0.00206. The molecule has 0 spiro atoms. The summed E-state index contributed by atoms with van der Waals surface area (Å²) in [6.45, 7) is 24.6. The quantitative estimate of drug-likeness (QED) is 0.0260. The van der Waals surface area contributed by atoms with E-state index in [1.54, 1.807) is 26.4 Å². The molecule has 0 aromatic rings. The van der Waals surface area contributed by atoms with Crippen molar-refractivity contribution >= 4 is 19.7 Å². The largest absolute Gasteiger partial charge is 0.509 e. The normalized spacial score (nSPS) is 21.5. The standard InChI is InChI=1S/C82H149O18P/c1-11-19-23-27-30-33-35-36-37-38-39-40-43-46-50-54-62-90-78-76(91-63-57-69(88-10)55-51-47-26-22-14-4)74(100-101(86,65-17-7)66-18-8)71(67-87-9)98-80(78)95-68-72-73(99-82(85)94-60-16-6)75(89-61-53-49-45-42-34-31-28-24-20-12-2)77(79(83)97-72)92-64-58-70(96-81(84)93-59-15-5)56-52-48-44-41-32-29-25-21-13-3/h15-18,33,35,69-80,83H,5-8,11-14,19-32,34,36-68H2,1-4,9-10H3/b35-33-/t69-,70-,71-,72-,73-,74-,75+,76+,77-,78-,79?,80-/m1/s1. The first kappa shape index (κ1) is 94.1. The molecule has 101 heavy (non-hydrogen) atoms. The Morgan fingerprint density at radius 1 is 0.426 bits per heavy atom. The lowest BCUT2D eigenvalue weighted by molar-refractivity contribution is -0.337. The second-order valence-electron chi connectivity index (χ2n) is 28.0. The van der Waals surface area contributed by atoms with E-state index in [4.69, 9.17) is 66.1 Å². The van der Waals surface area contributed by atoms with Crippen LogP contribution in [-0.4, -0.2) is 170 Å². The number of carbonyl (C=O) groups excluding carboxylic acids is 2. The van der Waals surface area contributed by atoms with Gasteiger partial charge in [0.2, 0.25) is 7.37 Å². The van der Waals surface area contributed by atoms with E-state index in [9.17, 15) is 19.3 Å². The van der Waals surface area contributed by atoms with Crippen LogP contribution in [0.2, 0.25) is 0 Å². The van der Waals surface area contributed by atoms with Gasteiger partial charge in [-0.15, -0.1) is 13.2 Å². The van der Waals surface area contributed by atoms with Crippen molar-refractivity contribution in [3.05, 3.63) is 62.8 Å². The highest BCUT2D eigenvalue weighted by Gasteiger charge is 2.53. The molecule has 1 unspecified atom stereocenters. The van der Waals surface area contributed by atoms with E-state index < -0.39 is 87.2 Å². The highest BCUT2D eigenvalue weighted by atomic mass is 31.2. The molecule has 0 saturated carbocycles. The minimum atomic E-state index is -3.48. The highest BCUT2D eigenvalue weighted by Crippen LogP contribution is 2.51. The van der Waals surface area contributed by atoms with Crippen LogP contribution < -0.4 is 0 Å². The van der Waals surface area contributed by atoms with Crippen LogP contribution in [0.4, 0.5) is 9.59 Å². The number of hydrogen-bond donors (Lipinski definition) is 1. The highest BCUT2D eigenvalue weighted by molar-refractivity contribution is 7.59. The first-order valence-electron chi connectivity index (χ1n) is 40.5. The maximum Gasteiger partial charge on any atom is 0.509 e. The molecule has 2 aliphatic rings. The summed E-state index contributed by atoms with van der Waals surface area (Å²) in [7, 11) is -0.184. The number of aliphatic hydroxyl groups excluding tert-OH is 1. The van der Waals surface area contributed by atoms with Crippen molar-refractivity contribution in [3.63, 3.8) is 0 Å². The van der Waals surface area contributed by atoms with Crippen molar-refractivity contribution in [1.82, 2.24) is 0 Å². The van der Waals surface area contributed by atoms with Gasteiger partial charge < -0.3 is 71.2 Å². The molecule has 590 valence electrons. The fourth-order valence-electron chi connectivity index (χ4n) is 13.2.